The Bertz CT molecular complexity index is 1150. The minimum Gasteiger partial charge on any atom is -0.496 e. The molecule has 0 aliphatic rings. The third-order valence-electron chi connectivity index (χ3n) is 3.87. The van der Waals surface area contributed by atoms with Crippen molar-refractivity contribution in [1.29, 1.82) is 0 Å². The predicted octanol–water partition coefficient (Wildman–Crippen LogP) is 3.30. The summed E-state index contributed by atoms with van der Waals surface area (Å²) in [4.78, 5) is 28.0. The van der Waals surface area contributed by atoms with Gasteiger partial charge in [-0.2, -0.15) is 0 Å². The number of carboxylic acid groups (broad SMARTS) is 1. The topological polar surface area (TPSA) is 99.4 Å². The number of carboxylic acids is 1. The molecule has 146 valence electrons. The van der Waals surface area contributed by atoms with Gasteiger partial charge in [-0.05, 0) is 18.2 Å². The van der Waals surface area contributed by atoms with Crippen LogP contribution in [0.4, 0.5) is 0 Å². The molecule has 3 aromatic rings. The van der Waals surface area contributed by atoms with Crippen LogP contribution in [0.2, 0.25) is 5.02 Å². The molecule has 0 radical (unpaired) electrons. The second-order valence-corrected chi connectivity index (χ2v) is 6.84. The van der Waals surface area contributed by atoms with Crippen molar-refractivity contribution in [1.82, 2.24) is 9.38 Å². The van der Waals surface area contributed by atoms with Crippen LogP contribution < -0.4 is 19.8 Å². The van der Waals surface area contributed by atoms with Crippen LogP contribution in [0.25, 0.3) is 17.1 Å². The van der Waals surface area contributed by atoms with Crippen molar-refractivity contribution in [3.8, 4) is 17.2 Å². The van der Waals surface area contributed by atoms with E-state index in [0.717, 1.165) is 15.7 Å². The van der Waals surface area contributed by atoms with Gasteiger partial charge >= 0.3 is 5.97 Å². The number of carbonyl (C=O) groups is 1. The zero-order valence-corrected chi connectivity index (χ0v) is 16.6. The highest BCUT2D eigenvalue weighted by Crippen LogP contribution is 2.35. The summed E-state index contributed by atoms with van der Waals surface area (Å²) in [6.45, 7) is 0. The smallest absolute Gasteiger partial charge is 0.347 e. The number of aromatic carboxylic acids is 1. The minimum atomic E-state index is -1.14. The number of hydrogen-bond acceptors (Lipinski definition) is 7. The second-order valence-electron chi connectivity index (χ2n) is 5.45. The number of rotatable bonds is 6. The normalized spacial score (nSPS) is 11.1. The van der Waals surface area contributed by atoms with Crippen molar-refractivity contribution in [3.63, 3.8) is 0 Å². The summed E-state index contributed by atoms with van der Waals surface area (Å²) in [6.07, 6.45) is 4.42. The van der Waals surface area contributed by atoms with E-state index in [2.05, 4.69) is 4.98 Å². The molecule has 0 fully saturated rings. The van der Waals surface area contributed by atoms with Gasteiger partial charge in [0.15, 0.2) is 16.5 Å². The Balaban J connectivity index is 2.09. The highest BCUT2D eigenvalue weighted by atomic mass is 35.5. The van der Waals surface area contributed by atoms with Gasteiger partial charge in [0.25, 0.3) is 5.56 Å². The van der Waals surface area contributed by atoms with Crippen LogP contribution >= 0.6 is 22.9 Å². The number of halogens is 1. The lowest BCUT2D eigenvalue weighted by molar-refractivity contribution is 0.0701. The van der Waals surface area contributed by atoms with Crippen LogP contribution in [0.5, 0.6) is 17.2 Å². The maximum Gasteiger partial charge on any atom is 0.347 e. The summed E-state index contributed by atoms with van der Waals surface area (Å²) in [5.74, 6) is 0.388. The van der Waals surface area contributed by atoms with Crippen molar-refractivity contribution in [2.24, 2.45) is 0 Å². The molecule has 0 saturated carbocycles. The molecule has 2 heterocycles. The molecule has 8 nitrogen and oxygen atoms in total. The second kappa shape index (κ2) is 7.91. The van der Waals surface area contributed by atoms with E-state index < -0.39 is 11.5 Å². The van der Waals surface area contributed by atoms with Gasteiger partial charge in [-0.15, -0.1) is 0 Å². The lowest BCUT2D eigenvalue weighted by atomic mass is 10.1. The SMILES string of the molecule is COc1cc(OC)c(OC)cc1/C=C/c1nc2sc(C(=O)O)cn2c(=O)c1Cl. The highest BCUT2D eigenvalue weighted by Gasteiger charge is 2.15. The van der Waals surface area contributed by atoms with Gasteiger partial charge in [0, 0.05) is 17.8 Å². The lowest BCUT2D eigenvalue weighted by Gasteiger charge is -2.12. The zero-order chi connectivity index (χ0) is 20.4. The Hall–Kier alpha value is -3.04. The summed E-state index contributed by atoms with van der Waals surface area (Å²) < 4.78 is 17.0. The van der Waals surface area contributed by atoms with Gasteiger partial charge in [0.2, 0.25) is 0 Å². The molecule has 0 amide bonds. The zero-order valence-electron chi connectivity index (χ0n) is 15.1. The van der Waals surface area contributed by atoms with Crippen LogP contribution in [0, 0.1) is 0 Å². The van der Waals surface area contributed by atoms with Crippen LogP contribution in [0.3, 0.4) is 0 Å². The predicted molar refractivity (Wildman–Crippen MR) is 106 cm³/mol. The van der Waals surface area contributed by atoms with Crippen molar-refractivity contribution in [2.75, 3.05) is 21.3 Å². The van der Waals surface area contributed by atoms with Gasteiger partial charge in [-0.25, -0.2) is 9.78 Å². The van der Waals surface area contributed by atoms with Crippen molar-refractivity contribution >= 4 is 46.0 Å². The molecule has 0 aliphatic carbocycles. The molecule has 0 unspecified atom stereocenters. The molecular weight excluding hydrogens is 408 g/mol. The molecule has 2 aromatic heterocycles. The molecule has 0 atom stereocenters. The molecule has 1 N–H and O–H groups in total. The van der Waals surface area contributed by atoms with Gasteiger partial charge in [0.1, 0.15) is 15.6 Å². The molecule has 28 heavy (non-hydrogen) atoms. The monoisotopic (exact) mass is 422 g/mol. The number of fused-ring (bicyclic) bond motifs is 1. The van der Waals surface area contributed by atoms with E-state index in [1.54, 1.807) is 24.3 Å². The third kappa shape index (κ3) is 3.54. The number of ether oxygens (including phenoxy) is 3. The number of hydrogen-bond donors (Lipinski definition) is 1. The van der Waals surface area contributed by atoms with Crippen molar-refractivity contribution in [2.45, 2.75) is 0 Å². The Labute approximate surface area is 168 Å². The van der Waals surface area contributed by atoms with Gasteiger partial charge in [0.05, 0.1) is 27.0 Å². The number of nitrogens with zero attached hydrogens (tertiary/aromatic N) is 2. The fourth-order valence-corrected chi connectivity index (χ4v) is 3.51. The largest absolute Gasteiger partial charge is 0.496 e. The lowest BCUT2D eigenvalue weighted by Crippen LogP contribution is -2.14. The van der Waals surface area contributed by atoms with Gasteiger partial charge < -0.3 is 19.3 Å². The molecule has 10 heteroatoms. The standard InChI is InChI=1S/C18H15ClN2O6S/c1-25-11-7-13(27-3)12(26-2)6-9(11)4-5-10-15(19)16(22)21-8-14(17(23)24)28-18(21)20-10/h4-8H,1-3H3,(H,23,24)/b5-4+. The molecule has 0 spiro atoms. The van der Waals surface area contributed by atoms with E-state index in [1.165, 1.54) is 27.5 Å². The summed E-state index contributed by atoms with van der Waals surface area (Å²) >= 11 is 7.02. The maximum absolute atomic E-state index is 12.4. The van der Waals surface area contributed by atoms with E-state index in [9.17, 15) is 9.59 Å². The first-order chi connectivity index (χ1) is 13.4. The molecule has 0 bridgehead atoms. The molecular formula is C18H15ClN2O6S. The summed E-state index contributed by atoms with van der Waals surface area (Å²) in [6, 6.07) is 3.38. The van der Waals surface area contributed by atoms with Gasteiger partial charge in [-0.1, -0.05) is 22.9 Å². The van der Waals surface area contributed by atoms with Crippen LogP contribution in [-0.2, 0) is 0 Å². The fourth-order valence-electron chi connectivity index (χ4n) is 2.50. The van der Waals surface area contributed by atoms with Crippen LogP contribution in [-0.4, -0.2) is 41.8 Å². The van der Waals surface area contributed by atoms with Gasteiger partial charge in [-0.3, -0.25) is 9.20 Å². The first-order valence-electron chi connectivity index (χ1n) is 7.82. The molecule has 0 aliphatic heterocycles. The Morgan fingerprint density at radius 3 is 2.39 bits per heavy atom. The summed E-state index contributed by atoms with van der Waals surface area (Å²) in [5, 5.41) is 8.98. The Morgan fingerprint density at radius 2 is 1.79 bits per heavy atom. The summed E-state index contributed by atoms with van der Waals surface area (Å²) in [5.41, 5.74) is 0.312. The molecule has 0 saturated heterocycles. The minimum absolute atomic E-state index is 0.0108. The van der Waals surface area contributed by atoms with E-state index in [4.69, 9.17) is 30.9 Å². The molecule has 1 aromatic carbocycles. The van der Waals surface area contributed by atoms with Crippen molar-refractivity contribution < 1.29 is 24.1 Å². The number of thiazole rings is 1. The van der Waals surface area contributed by atoms with E-state index in [1.807, 2.05) is 0 Å². The van der Waals surface area contributed by atoms with Crippen LogP contribution in [0.15, 0.2) is 23.1 Å². The Morgan fingerprint density at radius 1 is 1.14 bits per heavy atom. The summed E-state index contributed by atoms with van der Waals surface area (Å²) in [7, 11) is 4.55. The Kier molecular flexibility index (Phi) is 5.57. The fraction of sp³-hybridized carbons (Fsp3) is 0.167. The van der Waals surface area contributed by atoms with E-state index in [-0.39, 0.29) is 20.6 Å². The first kappa shape index (κ1) is 19.7. The van der Waals surface area contributed by atoms with E-state index >= 15 is 0 Å². The quantitative estimate of drug-likeness (QED) is 0.650. The van der Waals surface area contributed by atoms with Crippen LogP contribution in [0.1, 0.15) is 20.9 Å². The average Bonchev–Trinajstić information content (AvgIpc) is 3.13. The number of benzene rings is 1. The number of aromatic nitrogens is 2. The van der Waals surface area contributed by atoms with Crippen molar-refractivity contribution in [3.05, 3.63) is 49.8 Å². The third-order valence-corrected chi connectivity index (χ3v) is 5.19. The number of methoxy groups -OCH3 is 3. The maximum atomic E-state index is 12.4. The highest BCUT2D eigenvalue weighted by molar-refractivity contribution is 7.18. The van der Waals surface area contributed by atoms with E-state index in [0.29, 0.717) is 22.8 Å². The molecule has 3 rings (SSSR count). The average molecular weight is 423 g/mol. The first-order valence-corrected chi connectivity index (χ1v) is 9.02.